The zero-order valence-corrected chi connectivity index (χ0v) is 43.2. The van der Waals surface area contributed by atoms with Crippen LogP contribution in [0.25, 0.3) is 20.2 Å². The molecule has 16 heteroatoms. The molecule has 0 radical (unpaired) electrons. The number of benzene rings is 2. The van der Waals surface area contributed by atoms with Crippen molar-refractivity contribution < 1.29 is 29.4 Å². The van der Waals surface area contributed by atoms with Crippen molar-refractivity contribution in [3.05, 3.63) is 48.5 Å². The van der Waals surface area contributed by atoms with Gasteiger partial charge >= 0.3 is 0 Å². The largest absolute Gasteiger partial charge is 0.393 e. The standard InChI is InChI=1S/2C28H36N4O3S/c2*33-22-14-19-13-21(22)25-24(19)27(34)32(28(25)35)16-18-6-2-1-5-17(18)15-30-9-11-31(12-10-30)26-20-7-3-4-8-23(20)36-29-26/h2*3-4,7-8,17-19,21-22,24-25,33H,1-2,5-6,9-16H2/t17-,18-,19+,21-,22-,24+,25-;17-,18-,19-,21+,22+,24-,25+/m00/s1. The summed E-state index contributed by atoms with van der Waals surface area (Å²) in [4.78, 5) is 66.5. The second-order valence-corrected chi connectivity index (χ2v) is 25.4. The van der Waals surface area contributed by atoms with Crippen molar-refractivity contribution in [2.45, 2.75) is 89.3 Å². The molecule has 0 unspecified atom stereocenters. The minimum Gasteiger partial charge on any atom is -0.393 e. The smallest absolute Gasteiger partial charge is 0.233 e. The van der Waals surface area contributed by atoms with Gasteiger partial charge in [-0.3, -0.25) is 38.8 Å². The Morgan fingerprint density at radius 1 is 0.458 bits per heavy atom. The molecule has 0 spiro atoms. The summed E-state index contributed by atoms with van der Waals surface area (Å²) in [5.41, 5.74) is 0. The highest BCUT2D eigenvalue weighted by molar-refractivity contribution is 7.14. The Morgan fingerprint density at radius 3 is 1.22 bits per heavy atom. The number of imide groups is 2. The second kappa shape index (κ2) is 19.6. The number of hydrogen-bond donors (Lipinski definition) is 2. The van der Waals surface area contributed by atoms with Crippen LogP contribution in [0.15, 0.2) is 48.5 Å². The summed E-state index contributed by atoms with van der Waals surface area (Å²) in [6.07, 6.45) is 11.8. The van der Waals surface area contributed by atoms with Crippen LogP contribution in [-0.2, 0) is 19.2 Å². The van der Waals surface area contributed by atoms with Crippen molar-refractivity contribution in [2.75, 3.05) is 88.3 Å². The first-order valence-corrected chi connectivity index (χ1v) is 29.4. The van der Waals surface area contributed by atoms with E-state index in [-0.39, 0.29) is 71.0 Å². The number of piperazine rings is 2. The van der Waals surface area contributed by atoms with E-state index in [0.29, 0.717) is 49.6 Å². The van der Waals surface area contributed by atoms with Crippen molar-refractivity contribution in [3.8, 4) is 0 Å². The van der Waals surface area contributed by atoms with E-state index in [4.69, 9.17) is 8.75 Å². The number of aliphatic hydroxyl groups is 2. The normalized spacial score (nSPS) is 36.9. The molecule has 384 valence electrons. The number of hydrogen-bond acceptors (Lipinski definition) is 14. The lowest BCUT2D eigenvalue weighted by atomic mass is 9.78. The third-order valence-corrected chi connectivity index (χ3v) is 21.8. The topological polar surface area (TPSA) is 154 Å². The Labute approximate surface area is 431 Å². The summed E-state index contributed by atoms with van der Waals surface area (Å²) >= 11 is 3.17. The number of anilines is 2. The Hall–Kier alpha value is -4.06. The van der Waals surface area contributed by atoms with Gasteiger partial charge in [0.25, 0.3) is 0 Å². The van der Waals surface area contributed by atoms with Crippen LogP contribution in [0.2, 0.25) is 0 Å². The summed E-state index contributed by atoms with van der Waals surface area (Å²) < 4.78 is 12.0. The molecule has 10 fully saturated rings. The SMILES string of the molecule is O=C1[C@@H]2[C@@H]3C[C@@H](C[C@H]3O)[C@@H]2C(=O)N1C[C@@H]1CCCC[C@H]1CN1CCN(c2nsc3ccccc23)CC1.O=C1[C@@H]2[C@@H]3C[C@H]([C@@H]2C(=O)N1C[C@@H]1CCCC[C@H]1CN1CCN(c2nsc4ccccc24)CC1)[C@@H](O)C3. The molecule has 4 aliphatic heterocycles. The van der Waals surface area contributed by atoms with Gasteiger partial charge in [-0.25, -0.2) is 0 Å². The van der Waals surface area contributed by atoms with Crippen LogP contribution in [0.5, 0.6) is 0 Å². The summed E-state index contributed by atoms with van der Waals surface area (Å²) in [6, 6.07) is 17.0. The second-order valence-electron chi connectivity index (χ2n) is 23.8. The zero-order valence-electron chi connectivity index (χ0n) is 41.6. The van der Waals surface area contributed by atoms with E-state index in [1.807, 2.05) is 0 Å². The summed E-state index contributed by atoms with van der Waals surface area (Å²) in [5.74, 6) is 3.94. The fourth-order valence-electron chi connectivity index (χ4n) is 16.5. The van der Waals surface area contributed by atoms with Gasteiger partial charge in [0.1, 0.15) is 11.6 Å². The van der Waals surface area contributed by atoms with Crippen molar-refractivity contribution in [3.63, 3.8) is 0 Å². The molecule has 6 saturated carbocycles. The number of carbonyl (C=O) groups excluding carboxylic acids is 4. The first-order chi connectivity index (χ1) is 35.2. The number of aromatic nitrogens is 2. The number of rotatable bonds is 10. The number of amides is 4. The Bertz CT molecular complexity index is 2500. The lowest BCUT2D eigenvalue weighted by molar-refractivity contribution is -0.143. The monoisotopic (exact) mass is 1020 g/mol. The molecule has 10 aliphatic rings. The van der Waals surface area contributed by atoms with Crippen molar-refractivity contribution in [2.24, 2.45) is 71.0 Å². The van der Waals surface area contributed by atoms with Crippen molar-refractivity contribution >= 4 is 78.5 Å². The van der Waals surface area contributed by atoms with Gasteiger partial charge in [-0.2, -0.15) is 8.75 Å². The van der Waals surface area contributed by atoms with Crippen LogP contribution in [0.1, 0.15) is 77.0 Å². The van der Waals surface area contributed by atoms with E-state index in [9.17, 15) is 29.4 Å². The molecule has 6 heterocycles. The number of likely N-dealkylation sites (tertiary alicyclic amines) is 2. The fourth-order valence-corrected chi connectivity index (χ4v) is 18.1. The van der Waals surface area contributed by atoms with Gasteiger partial charge in [0.15, 0.2) is 0 Å². The van der Waals surface area contributed by atoms with Gasteiger partial charge in [0, 0.05) is 89.3 Å². The first-order valence-electron chi connectivity index (χ1n) is 27.9. The van der Waals surface area contributed by atoms with Crippen LogP contribution in [0, 0.1) is 71.0 Å². The van der Waals surface area contributed by atoms with Crippen molar-refractivity contribution in [1.82, 2.24) is 28.3 Å². The molecule has 4 aromatic rings. The Balaban J connectivity index is 0.000000140. The maximum Gasteiger partial charge on any atom is 0.233 e. The average Bonchev–Trinajstić information content (AvgIpc) is 4.30. The lowest BCUT2D eigenvalue weighted by Gasteiger charge is -2.40. The predicted octanol–water partition coefficient (Wildman–Crippen LogP) is 6.45. The van der Waals surface area contributed by atoms with Gasteiger partial charge in [-0.05, 0) is 146 Å². The van der Waals surface area contributed by atoms with E-state index < -0.39 is 12.2 Å². The van der Waals surface area contributed by atoms with Crippen LogP contribution >= 0.6 is 23.1 Å². The van der Waals surface area contributed by atoms with Gasteiger partial charge < -0.3 is 20.0 Å². The maximum atomic E-state index is 13.3. The predicted molar refractivity (Wildman–Crippen MR) is 279 cm³/mol. The highest BCUT2D eigenvalue weighted by atomic mass is 32.1. The van der Waals surface area contributed by atoms with E-state index in [2.05, 4.69) is 68.1 Å². The van der Waals surface area contributed by atoms with Gasteiger partial charge in [-0.1, -0.05) is 49.9 Å². The fraction of sp³-hybridized carbons (Fsp3) is 0.679. The molecular weight excluding hydrogens is 945 g/mol. The highest BCUT2D eigenvalue weighted by Gasteiger charge is 2.65. The molecule has 72 heavy (non-hydrogen) atoms. The molecule has 14 nitrogen and oxygen atoms in total. The molecule has 2 N–H and O–H groups in total. The molecule has 4 bridgehead atoms. The zero-order chi connectivity index (χ0) is 48.8. The molecule has 14 rings (SSSR count). The molecule has 4 amide bonds. The molecule has 4 saturated heterocycles. The van der Waals surface area contributed by atoms with E-state index in [1.54, 1.807) is 32.9 Å². The van der Waals surface area contributed by atoms with Crippen molar-refractivity contribution in [1.29, 1.82) is 0 Å². The number of nitrogens with zero attached hydrogens (tertiary/aromatic N) is 8. The van der Waals surface area contributed by atoms with Crippen LogP contribution < -0.4 is 9.80 Å². The van der Waals surface area contributed by atoms with Gasteiger partial charge in [-0.15, -0.1) is 0 Å². The Kier molecular flexibility index (Phi) is 13.0. The number of carbonyl (C=O) groups is 4. The third-order valence-electron chi connectivity index (χ3n) is 20.2. The molecule has 14 atom stereocenters. The minimum absolute atomic E-state index is 0.00901. The summed E-state index contributed by atoms with van der Waals surface area (Å²) in [7, 11) is 0. The molecule has 2 aromatic heterocycles. The van der Waals surface area contributed by atoms with Crippen LogP contribution in [0.3, 0.4) is 0 Å². The molecule has 6 aliphatic carbocycles. The molecular formula is C56H72N8O6S2. The molecule has 2 aromatic carbocycles. The summed E-state index contributed by atoms with van der Waals surface area (Å²) in [6.45, 7) is 11.4. The van der Waals surface area contributed by atoms with Crippen LogP contribution in [-0.4, -0.2) is 153 Å². The quantitative estimate of drug-likeness (QED) is 0.168. The first kappa shape index (κ1) is 47.6. The van der Waals surface area contributed by atoms with E-state index in [1.165, 1.54) is 58.7 Å². The highest BCUT2D eigenvalue weighted by Crippen LogP contribution is 2.58. The minimum atomic E-state index is -0.392. The van der Waals surface area contributed by atoms with Gasteiger partial charge in [0.2, 0.25) is 23.6 Å². The van der Waals surface area contributed by atoms with E-state index in [0.717, 1.165) is 103 Å². The summed E-state index contributed by atoms with van der Waals surface area (Å²) in [5, 5.41) is 23.2. The Morgan fingerprint density at radius 2 is 0.819 bits per heavy atom. The lowest BCUT2D eigenvalue weighted by Crippen LogP contribution is -2.49. The van der Waals surface area contributed by atoms with Gasteiger partial charge in [0.05, 0.1) is 45.3 Å². The average molecular weight is 1020 g/mol. The number of aliphatic hydroxyl groups excluding tert-OH is 2. The van der Waals surface area contributed by atoms with Crippen LogP contribution in [0.4, 0.5) is 11.6 Å². The van der Waals surface area contributed by atoms with E-state index >= 15 is 0 Å². The number of fused-ring (bicyclic) bond motifs is 12. The third kappa shape index (κ3) is 8.40. The maximum absolute atomic E-state index is 13.3.